The lowest BCUT2D eigenvalue weighted by atomic mass is 10.1. The smallest absolute Gasteiger partial charge is 0.151 e. The van der Waals surface area contributed by atoms with Gasteiger partial charge in [0, 0.05) is 37.0 Å². The van der Waals surface area contributed by atoms with Crippen LogP contribution in [0.3, 0.4) is 0 Å². The second-order valence-corrected chi connectivity index (χ2v) is 7.48. The molecule has 3 heterocycles. The predicted octanol–water partition coefficient (Wildman–Crippen LogP) is 2.44. The SMILES string of the molecule is Cc1nc(CN(C)C2CN(c3ccc(C4CC4)nn3)C2)cs1. The van der Waals surface area contributed by atoms with Crippen molar-refractivity contribution in [1.82, 2.24) is 20.1 Å². The Kier molecular flexibility index (Phi) is 3.58. The van der Waals surface area contributed by atoms with Crippen LogP contribution in [-0.4, -0.2) is 46.3 Å². The van der Waals surface area contributed by atoms with Gasteiger partial charge in [-0.15, -0.1) is 16.4 Å². The van der Waals surface area contributed by atoms with Crippen LogP contribution in [0, 0.1) is 6.92 Å². The number of nitrogens with zero attached hydrogens (tertiary/aromatic N) is 5. The first-order valence-corrected chi connectivity index (χ1v) is 8.77. The van der Waals surface area contributed by atoms with Crippen molar-refractivity contribution >= 4 is 17.2 Å². The zero-order chi connectivity index (χ0) is 15.1. The Morgan fingerprint density at radius 3 is 2.68 bits per heavy atom. The van der Waals surface area contributed by atoms with E-state index in [4.69, 9.17) is 0 Å². The Labute approximate surface area is 135 Å². The van der Waals surface area contributed by atoms with Gasteiger partial charge < -0.3 is 4.90 Å². The highest BCUT2D eigenvalue weighted by atomic mass is 32.1. The van der Waals surface area contributed by atoms with E-state index in [-0.39, 0.29) is 0 Å². The number of hydrogen-bond acceptors (Lipinski definition) is 6. The van der Waals surface area contributed by atoms with Crippen molar-refractivity contribution in [3.8, 4) is 0 Å². The van der Waals surface area contributed by atoms with Gasteiger partial charge in [0.1, 0.15) is 0 Å². The molecule has 0 bridgehead atoms. The lowest BCUT2D eigenvalue weighted by molar-refractivity contribution is 0.195. The fraction of sp³-hybridized carbons (Fsp3) is 0.562. The van der Waals surface area contributed by atoms with Gasteiger partial charge in [0.25, 0.3) is 0 Å². The number of likely N-dealkylation sites (N-methyl/N-ethyl adjacent to an activating group) is 1. The van der Waals surface area contributed by atoms with E-state index < -0.39 is 0 Å². The Morgan fingerprint density at radius 2 is 2.09 bits per heavy atom. The van der Waals surface area contributed by atoms with E-state index in [1.807, 2.05) is 0 Å². The summed E-state index contributed by atoms with van der Waals surface area (Å²) >= 11 is 1.72. The van der Waals surface area contributed by atoms with Crippen molar-refractivity contribution in [3.63, 3.8) is 0 Å². The van der Waals surface area contributed by atoms with Crippen molar-refractivity contribution in [2.75, 3.05) is 25.0 Å². The number of rotatable bonds is 5. The molecule has 0 N–H and O–H groups in total. The maximum atomic E-state index is 4.54. The van der Waals surface area contributed by atoms with Crippen LogP contribution in [0.4, 0.5) is 5.82 Å². The number of hydrogen-bond donors (Lipinski definition) is 0. The van der Waals surface area contributed by atoms with E-state index in [0.29, 0.717) is 12.0 Å². The maximum Gasteiger partial charge on any atom is 0.151 e. The molecule has 0 spiro atoms. The quantitative estimate of drug-likeness (QED) is 0.848. The molecular weight excluding hydrogens is 294 g/mol. The molecule has 6 heteroatoms. The molecule has 116 valence electrons. The minimum atomic E-state index is 0.576. The Hall–Kier alpha value is -1.53. The minimum absolute atomic E-state index is 0.576. The van der Waals surface area contributed by atoms with Gasteiger partial charge >= 0.3 is 0 Å². The van der Waals surface area contributed by atoms with Gasteiger partial charge in [-0.3, -0.25) is 4.90 Å². The van der Waals surface area contributed by atoms with E-state index in [2.05, 4.69) is 56.5 Å². The van der Waals surface area contributed by atoms with Crippen molar-refractivity contribution < 1.29 is 0 Å². The first-order valence-electron chi connectivity index (χ1n) is 7.89. The molecule has 0 radical (unpaired) electrons. The summed E-state index contributed by atoms with van der Waals surface area (Å²) in [7, 11) is 2.18. The first-order chi connectivity index (χ1) is 10.7. The highest BCUT2D eigenvalue weighted by Gasteiger charge is 2.32. The largest absolute Gasteiger partial charge is 0.352 e. The van der Waals surface area contributed by atoms with Gasteiger partial charge in [-0.05, 0) is 38.9 Å². The number of aromatic nitrogens is 3. The van der Waals surface area contributed by atoms with Crippen LogP contribution in [-0.2, 0) is 6.54 Å². The first kappa shape index (κ1) is 14.1. The average molecular weight is 315 g/mol. The van der Waals surface area contributed by atoms with E-state index in [9.17, 15) is 0 Å². The van der Waals surface area contributed by atoms with Crippen molar-refractivity contribution in [1.29, 1.82) is 0 Å². The van der Waals surface area contributed by atoms with Crippen LogP contribution in [0.5, 0.6) is 0 Å². The molecule has 5 nitrogen and oxygen atoms in total. The summed E-state index contributed by atoms with van der Waals surface area (Å²) < 4.78 is 0. The van der Waals surface area contributed by atoms with Crippen LogP contribution in [0.2, 0.25) is 0 Å². The lowest BCUT2D eigenvalue weighted by Crippen LogP contribution is -2.58. The molecule has 4 rings (SSSR count). The zero-order valence-electron chi connectivity index (χ0n) is 13.1. The molecule has 1 aliphatic heterocycles. The van der Waals surface area contributed by atoms with Gasteiger partial charge in [0.2, 0.25) is 0 Å². The molecule has 2 fully saturated rings. The Bertz CT molecular complexity index is 643. The molecule has 2 aromatic rings. The van der Waals surface area contributed by atoms with Gasteiger partial charge in [0.05, 0.1) is 16.4 Å². The summed E-state index contributed by atoms with van der Waals surface area (Å²) in [6, 6.07) is 4.85. The fourth-order valence-corrected chi connectivity index (χ4v) is 3.49. The van der Waals surface area contributed by atoms with Gasteiger partial charge in [-0.1, -0.05) is 0 Å². The molecule has 0 unspecified atom stereocenters. The number of anilines is 1. The number of thiazole rings is 1. The monoisotopic (exact) mass is 315 g/mol. The molecule has 2 aromatic heterocycles. The van der Waals surface area contributed by atoms with Crippen molar-refractivity contribution in [3.05, 3.63) is 33.9 Å². The molecule has 1 saturated carbocycles. The maximum absolute atomic E-state index is 4.54. The van der Waals surface area contributed by atoms with Crippen LogP contribution < -0.4 is 4.90 Å². The molecular formula is C16H21N5S. The van der Waals surface area contributed by atoms with E-state index in [1.54, 1.807) is 11.3 Å². The molecule has 2 aliphatic rings. The molecule has 0 atom stereocenters. The standard InChI is InChI=1S/C16H21N5S/c1-11-17-13(10-22-11)7-20(2)14-8-21(9-14)16-6-5-15(18-19-16)12-3-4-12/h5-6,10,12,14H,3-4,7-9H2,1-2H3. The van der Waals surface area contributed by atoms with Crippen LogP contribution in [0.25, 0.3) is 0 Å². The van der Waals surface area contributed by atoms with Crippen molar-refractivity contribution in [2.45, 2.75) is 38.3 Å². The summed E-state index contributed by atoms with van der Waals surface area (Å²) in [5, 5.41) is 12.1. The lowest BCUT2D eigenvalue weighted by Gasteiger charge is -2.44. The van der Waals surface area contributed by atoms with Crippen molar-refractivity contribution in [2.24, 2.45) is 0 Å². The third-order valence-electron chi connectivity index (χ3n) is 4.55. The third kappa shape index (κ3) is 2.85. The predicted molar refractivity (Wildman–Crippen MR) is 88.3 cm³/mol. The van der Waals surface area contributed by atoms with E-state index in [0.717, 1.165) is 36.2 Å². The van der Waals surface area contributed by atoms with Crippen LogP contribution >= 0.6 is 11.3 Å². The molecule has 22 heavy (non-hydrogen) atoms. The van der Waals surface area contributed by atoms with Gasteiger partial charge in [0.15, 0.2) is 5.82 Å². The molecule has 0 amide bonds. The zero-order valence-corrected chi connectivity index (χ0v) is 13.9. The van der Waals surface area contributed by atoms with Gasteiger partial charge in [-0.25, -0.2) is 4.98 Å². The normalized spacial score (nSPS) is 18.8. The highest BCUT2D eigenvalue weighted by Crippen LogP contribution is 2.38. The summed E-state index contributed by atoms with van der Waals surface area (Å²) in [5.41, 5.74) is 2.34. The minimum Gasteiger partial charge on any atom is -0.352 e. The summed E-state index contributed by atoms with van der Waals surface area (Å²) in [6.45, 7) is 5.03. The van der Waals surface area contributed by atoms with Gasteiger partial charge in [-0.2, -0.15) is 5.10 Å². The summed E-state index contributed by atoms with van der Waals surface area (Å²) in [6.07, 6.45) is 2.56. The number of aryl methyl sites for hydroxylation is 1. The van der Waals surface area contributed by atoms with Crippen LogP contribution in [0.15, 0.2) is 17.5 Å². The van der Waals surface area contributed by atoms with Crippen LogP contribution in [0.1, 0.15) is 35.2 Å². The molecule has 1 saturated heterocycles. The highest BCUT2D eigenvalue weighted by molar-refractivity contribution is 7.09. The third-order valence-corrected chi connectivity index (χ3v) is 5.38. The average Bonchev–Trinajstić information content (AvgIpc) is 3.22. The second kappa shape index (κ2) is 5.59. The second-order valence-electron chi connectivity index (χ2n) is 6.42. The van der Waals surface area contributed by atoms with E-state index in [1.165, 1.54) is 18.5 Å². The summed E-state index contributed by atoms with van der Waals surface area (Å²) in [4.78, 5) is 9.23. The Morgan fingerprint density at radius 1 is 1.27 bits per heavy atom. The molecule has 1 aliphatic carbocycles. The molecule has 0 aromatic carbocycles. The topological polar surface area (TPSA) is 45.2 Å². The summed E-state index contributed by atoms with van der Waals surface area (Å²) in [5.74, 6) is 1.69. The Balaban J connectivity index is 1.31. The fourth-order valence-electron chi connectivity index (χ4n) is 2.89. The van der Waals surface area contributed by atoms with E-state index >= 15 is 0 Å².